The molecule has 1 aromatic carbocycles. The average Bonchev–Trinajstić information content (AvgIpc) is 1.95. The summed E-state index contributed by atoms with van der Waals surface area (Å²) >= 11 is 18.1. The maximum absolute atomic E-state index is 6.10. The second-order valence-electron chi connectivity index (χ2n) is 3.97. The fourth-order valence-corrected chi connectivity index (χ4v) is 5.12. The van der Waals surface area contributed by atoms with Crippen molar-refractivity contribution in [1.29, 1.82) is 0 Å². The minimum atomic E-state index is -1.50. The summed E-state index contributed by atoms with van der Waals surface area (Å²) in [7, 11) is -1.50. The van der Waals surface area contributed by atoms with Crippen molar-refractivity contribution < 1.29 is 0 Å². The maximum atomic E-state index is 6.10. The van der Waals surface area contributed by atoms with Crippen LogP contribution in [0.4, 0.5) is 0 Å². The van der Waals surface area contributed by atoms with Crippen LogP contribution < -0.4 is 5.19 Å². The summed E-state index contributed by atoms with van der Waals surface area (Å²) < 4.78 is 0. The van der Waals surface area contributed by atoms with Crippen LogP contribution >= 0.6 is 34.8 Å². The average molecular weight is 254 g/mol. The Morgan fingerprint density at radius 3 is 1.77 bits per heavy atom. The zero-order valence-corrected chi connectivity index (χ0v) is 11.1. The molecule has 0 saturated carbocycles. The van der Waals surface area contributed by atoms with Gasteiger partial charge in [0.15, 0.2) is 0 Å². The van der Waals surface area contributed by atoms with Crippen molar-refractivity contribution in [2.45, 2.75) is 19.6 Å². The number of halogens is 3. The molecule has 1 rings (SSSR count). The normalized spacial score (nSPS) is 11.8. The zero-order valence-electron chi connectivity index (χ0n) is 7.79. The molecule has 1 aromatic rings. The highest BCUT2D eigenvalue weighted by molar-refractivity contribution is 6.91. The molecule has 0 aliphatic carbocycles. The number of hydrogen-bond donors (Lipinski definition) is 0. The number of rotatable bonds is 1. The largest absolute Gasteiger partial charge is 0.0844 e. The molecule has 0 aliphatic heterocycles. The first kappa shape index (κ1) is 11.4. The topological polar surface area (TPSA) is 0 Å². The van der Waals surface area contributed by atoms with Crippen molar-refractivity contribution >= 4 is 48.1 Å². The third-order valence-electron chi connectivity index (χ3n) is 1.79. The molecule has 0 atom stereocenters. The smallest absolute Gasteiger partial charge is 0.0815 e. The maximum Gasteiger partial charge on any atom is 0.0815 e. The predicted octanol–water partition coefficient (Wildman–Crippen LogP) is 4.19. The van der Waals surface area contributed by atoms with Crippen molar-refractivity contribution in [3.05, 3.63) is 27.2 Å². The predicted molar refractivity (Wildman–Crippen MR) is 64.5 cm³/mol. The Labute approximate surface area is 94.8 Å². The highest BCUT2D eigenvalue weighted by Crippen LogP contribution is 2.26. The second-order valence-corrected chi connectivity index (χ2v) is 10.2. The van der Waals surface area contributed by atoms with Gasteiger partial charge in [0, 0.05) is 5.02 Å². The molecule has 13 heavy (non-hydrogen) atoms. The lowest BCUT2D eigenvalue weighted by atomic mass is 10.3. The van der Waals surface area contributed by atoms with E-state index in [-0.39, 0.29) is 0 Å². The van der Waals surface area contributed by atoms with Gasteiger partial charge in [-0.3, -0.25) is 0 Å². The van der Waals surface area contributed by atoms with E-state index in [2.05, 4.69) is 19.6 Å². The fraction of sp³-hybridized carbons (Fsp3) is 0.333. The molecule has 0 N–H and O–H groups in total. The molecule has 0 unspecified atom stereocenters. The van der Waals surface area contributed by atoms with Gasteiger partial charge in [-0.1, -0.05) is 54.4 Å². The van der Waals surface area contributed by atoms with Gasteiger partial charge in [0.05, 0.1) is 18.1 Å². The highest BCUT2D eigenvalue weighted by atomic mass is 35.5. The lowest BCUT2D eigenvalue weighted by molar-refractivity contribution is 1.67. The summed E-state index contributed by atoms with van der Waals surface area (Å²) in [6.45, 7) is 6.57. The van der Waals surface area contributed by atoms with Crippen LogP contribution in [-0.2, 0) is 0 Å². The van der Waals surface area contributed by atoms with Gasteiger partial charge in [-0.05, 0) is 17.3 Å². The van der Waals surface area contributed by atoms with Crippen molar-refractivity contribution in [2.75, 3.05) is 0 Å². The molecule has 0 saturated heterocycles. The van der Waals surface area contributed by atoms with E-state index in [4.69, 9.17) is 34.8 Å². The third-order valence-corrected chi connectivity index (χ3v) is 5.25. The van der Waals surface area contributed by atoms with E-state index in [0.717, 1.165) is 10.2 Å². The third kappa shape index (κ3) is 2.41. The quantitative estimate of drug-likeness (QED) is 0.520. The first-order valence-corrected chi connectivity index (χ1v) is 8.61. The number of hydrogen-bond acceptors (Lipinski definition) is 0. The summed E-state index contributed by atoms with van der Waals surface area (Å²) in [6, 6.07) is 3.54. The first-order chi connectivity index (χ1) is 5.84. The van der Waals surface area contributed by atoms with Gasteiger partial charge in [-0.2, -0.15) is 0 Å². The molecular weight excluding hydrogens is 243 g/mol. The van der Waals surface area contributed by atoms with Crippen LogP contribution in [0.1, 0.15) is 0 Å². The van der Waals surface area contributed by atoms with Crippen LogP contribution in [0, 0.1) is 0 Å². The van der Waals surface area contributed by atoms with E-state index in [9.17, 15) is 0 Å². The van der Waals surface area contributed by atoms with Crippen LogP contribution in [0.2, 0.25) is 34.7 Å². The van der Waals surface area contributed by atoms with E-state index in [1.807, 2.05) is 6.07 Å². The summed E-state index contributed by atoms with van der Waals surface area (Å²) in [5.41, 5.74) is 0. The Morgan fingerprint density at radius 1 is 0.923 bits per heavy atom. The van der Waals surface area contributed by atoms with E-state index in [1.165, 1.54) is 0 Å². The second kappa shape index (κ2) is 3.82. The van der Waals surface area contributed by atoms with E-state index in [0.29, 0.717) is 10.0 Å². The van der Waals surface area contributed by atoms with Crippen molar-refractivity contribution in [1.82, 2.24) is 0 Å². The fourth-order valence-electron chi connectivity index (χ4n) is 1.21. The van der Waals surface area contributed by atoms with Crippen LogP contribution in [0.3, 0.4) is 0 Å². The molecule has 0 nitrogen and oxygen atoms in total. The van der Waals surface area contributed by atoms with Crippen LogP contribution in [0.25, 0.3) is 0 Å². The Hall–Kier alpha value is 0.307. The van der Waals surface area contributed by atoms with Gasteiger partial charge in [-0.15, -0.1) is 0 Å². The number of benzene rings is 1. The summed E-state index contributed by atoms with van der Waals surface area (Å²) in [6.07, 6.45) is 0. The molecule has 0 spiro atoms. The molecule has 72 valence electrons. The molecule has 0 aromatic heterocycles. The molecule has 0 fully saturated rings. The summed E-state index contributed by atoms with van der Waals surface area (Å²) in [5, 5.41) is 2.98. The van der Waals surface area contributed by atoms with E-state index >= 15 is 0 Å². The van der Waals surface area contributed by atoms with Crippen LogP contribution in [0.5, 0.6) is 0 Å². The van der Waals surface area contributed by atoms with Gasteiger partial charge in [0.2, 0.25) is 0 Å². The van der Waals surface area contributed by atoms with Gasteiger partial charge < -0.3 is 0 Å². The highest BCUT2D eigenvalue weighted by Gasteiger charge is 2.24. The molecule has 0 aliphatic rings. The lowest BCUT2D eigenvalue weighted by Crippen LogP contribution is -2.39. The molecule has 0 heterocycles. The monoisotopic (exact) mass is 252 g/mol. The molecular formula is C9H11Cl3Si. The Bertz CT molecular complexity index is 328. The van der Waals surface area contributed by atoms with Crippen molar-refractivity contribution in [3.63, 3.8) is 0 Å². The molecule has 0 radical (unpaired) electrons. The SMILES string of the molecule is C[Si](C)(C)c1c(Cl)ccc(Cl)c1Cl. The minimum Gasteiger partial charge on any atom is -0.0844 e. The molecule has 4 heteroatoms. The standard InChI is InChI=1S/C9H11Cl3Si/c1-13(2,3)9-7(11)5-4-6(10)8(9)12/h4-5H,1-3H3. The zero-order chi connectivity index (χ0) is 10.2. The van der Waals surface area contributed by atoms with Gasteiger partial charge in [0.1, 0.15) is 0 Å². The van der Waals surface area contributed by atoms with E-state index in [1.54, 1.807) is 6.07 Å². The summed E-state index contributed by atoms with van der Waals surface area (Å²) in [4.78, 5) is 0. The van der Waals surface area contributed by atoms with Gasteiger partial charge >= 0.3 is 0 Å². The van der Waals surface area contributed by atoms with Crippen LogP contribution in [-0.4, -0.2) is 8.07 Å². The van der Waals surface area contributed by atoms with E-state index < -0.39 is 8.07 Å². The molecule has 0 amide bonds. The van der Waals surface area contributed by atoms with Gasteiger partial charge in [0.25, 0.3) is 0 Å². The Kier molecular flexibility index (Phi) is 3.34. The lowest BCUT2D eigenvalue weighted by Gasteiger charge is -2.20. The Morgan fingerprint density at radius 2 is 1.38 bits per heavy atom. The van der Waals surface area contributed by atoms with Gasteiger partial charge in [-0.25, -0.2) is 0 Å². The molecule has 0 bridgehead atoms. The Balaban J connectivity index is 3.43. The summed E-state index contributed by atoms with van der Waals surface area (Å²) in [5.74, 6) is 0. The van der Waals surface area contributed by atoms with Crippen molar-refractivity contribution in [2.24, 2.45) is 0 Å². The first-order valence-electron chi connectivity index (χ1n) is 3.98. The minimum absolute atomic E-state index is 0.587. The van der Waals surface area contributed by atoms with Crippen LogP contribution in [0.15, 0.2) is 12.1 Å². The van der Waals surface area contributed by atoms with Crippen molar-refractivity contribution in [3.8, 4) is 0 Å².